The predicted octanol–water partition coefficient (Wildman–Crippen LogP) is 1.53. The van der Waals surface area contributed by atoms with Gasteiger partial charge in [0.1, 0.15) is 5.01 Å². The number of rotatable bonds is 3. The van der Waals surface area contributed by atoms with Crippen molar-refractivity contribution in [1.29, 1.82) is 0 Å². The van der Waals surface area contributed by atoms with E-state index in [1.54, 1.807) is 11.3 Å². The number of thiazole rings is 1. The average molecular weight is 251 g/mol. The quantitative estimate of drug-likeness (QED) is 0.801. The first-order valence-corrected chi connectivity index (χ1v) is 6.54. The second-order valence-corrected chi connectivity index (χ2v) is 5.70. The number of carbonyl (C=O) groups is 1. The standard InChI is InChI=1S/C12H17N3OS/c1-7-6-14-12(17-7)8(2)15-11(16)9-3-4-10(13)5-9/h3-4,6,8-10H,5,13H2,1-2H3,(H,15,16). The zero-order valence-electron chi connectivity index (χ0n) is 10.0. The maximum atomic E-state index is 11.9. The molecule has 2 rings (SSSR count). The normalized spacial score (nSPS) is 24.9. The van der Waals surface area contributed by atoms with Gasteiger partial charge in [0.05, 0.1) is 12.0 Å². The van der Waals surface area contributed by atoms with Crippen molar-refractivity contribution in [3.63, 3.8) is 0 Å². The molecule has 17 heavy (non-hydrogen) atoms. The van der Waals surface area contributed by atoms with Crippen molar-refractivity contribution in [1.82, 2.24) is 10.3 Å². The van der Waals surface area contributed by atoms with E-state index in [0.29, 0.717) is 6.42 Å². The molecular formula is C12H17N3OS. The van der Waals surface area contributed by atoms with Gasteiger partial charge in [-0.2, -0.15) is 0 Å². The fourth-order valence-corrected chi connectivity index (χ4v) is 2.65. The molecule has 0 radical (unpaired) electrons. The molecule has 4 nitrogen and oxygen atoms in total. The molecule has 3 N–H and O–H groups in total. The molecule has 1 aromatic rings. The largest absolute Gasteiger partial charge is 0.347 e. The minimum absolute atomic E-state index is 0.0168. The Balaban J connectivity index is 1.93. The van der Waals surface area contributed by atoms with Gasteiger partial charge in [0.15, 0.2) is 0 Å². The fourth-order valence-electron chi connectivity index (χ4n) is 1.88. The molecule has 1 aliphatic rings. The molecule has 3 unspecified atom stereocenters. The highest BCUT2D eigenvalue weighted by Crippen LogP contribution is 2.21. The molecule has 1 heterocycles. The van der Waals surface area contributed by atoms with Gasteiger partial charge in [-0.05, 0) is 20.3 Å². The van der Waals surface area contributed by atoms with Crippen LogP contribution in [0.15, 0.2) is 18.3 Å². The first kappa shape index (κ1) is 12.3. The maximum absolute atomic E-state index is 11.9. The van der Waals surface area contributed by atoms with Crippen LogP contribution < -0.4 is 11.1 Å². The number of hydrogen-bond acceptors (Lipinski definition) is 4. The number of carbonyl (C=O) groups excluding carboxylic acids is 1. The third-order valence-electron chi connectivity index (χ3n) is 2.82. The first-order chi connectivity index (χ1) is 8.06. The molecule has 0 bridgehead atoms. The van der Waals surface area contributed by atoms with Crippen molar-refractivity contribution < 1.29 is 4.79 Å². The molecular weight excluding hydrogens is 234 g/mol. The molecule has 1 aromatic heterocycles. The van der Waals surface area contributed by atoms with E-state index in [4.69, 9.17) is 5.73 Å². The Morgan fingerprint density at radius 3 is 2.94 bits per heavy atom. The third-order valence-corrected chi connectivity index (χ3v) is 3.92. The summed E-state index contributed by atoms with van der Waals surface area (Å²) in [5.74, 6) is -0.0527. The van der Waals surface area contributed by atoms with E-state index in [1.165, 1.54) is 0 Å². The van der Waals surface area contributed by atoms with E-state index in [1.807, 2.05) is 32.2 Å². The van der Waals surface area contributed by atoms with Crippen molar-refractivity contribution in [2.45, 2.75) is 32.4 Å². The third kappa shape index (κ3) is 2.92. The summed E-state index contributed by atoms with van der Waals surface area (Å²) in [7, 11) is 0. The van der Waals surface area contributed by atoms with E-state index >= 15 is 0 Å². The van der Waals surface area contributed by atoms with Crippen LogP contribution in [0, 0.1) is 12.8 Å². The van der Waals surface area contributed by atoms with Gasteiger partial charge < -0.3 is 11.1 Å². The fraction of sp³-hybridized carbons (Fsp3) is 0.500. The smallest absolute Gasteiger partial charge is 0.227 e. The first-order valence-electron chi connectivity index (χ1n) is 5.73. The van der Waals surface area contributed by atoms with Crippen LogP contribution in [0.3, 0.4) is 0 Å². The van der Waals surface area contributed by atoms with Gasteiger partial charge in [0.25, 0.3) is 0 Å². The lowest BCUT2D eigenvalue weighted by Gasteiger charge is -2.14. The molecule has 92 valence electrons. The number of aromatic nitrogens is 1. The highest BCUT2D eigenvalue weighted by Gasteiger charge is 2.24. The van der Waals surface area contributed by atoms with Crippen molar-refractivity contribution in [3.8, 4) is 0 Å². The maximum Gasteiger partial charge on any atom is 0.227 e. The number of aryl methyl sites for hydroxylation is 1. The summed E-state index contributed by atoms with van der Waals surface area (Å²) in [6.45, 7) is 3.96. The molecule has 0 aromatic carbocycles. The minimum Gasteiger partial charge on any atom is -0.347 e. The molecule has 1 amide bonds. The van der Waals surface area contributed by atoms with Crippen molar-refractivity contribution in [2.24, 2.45) is 11.7 Å². The molecule has 0 saturated heterocycles. The number of nitrogens with zero attached hydrogens (tertiary/aromatic N) is 1. The van der Waals surface area contributed by atoms with Crippen LogP contribution in [-0.4, -0.2) is 16.9 Å². The molecule has 0 aliphatic heterocycles. The molecule has 5 heteroatoms. The number of hydrogen-bond donors (Lipinski definition) is 2. The van der Waals surface area contributed by atoms with Crippen molar-refractivity contribution >= 4 is 17.2 Å². The summed E-state index contributed by atoms with van der Waals surface area (Å²) >= 11 is 1.61. The van der Waals surface area contributed by atoms with Crippen LogP contribution in [-0.2, 0) is 4.79 Å². The minimum atomic E-state index is -0.0893. The molecule has 0 saturated carbocycles. The Morgan fingerprint density at radius 1 is 1.65 bits per heavy atom. The van der Waals surface area contributed by atoms with Gasteiger partial charge in [0.2, 0.25) is 5.91 Å². The Kier molecular flexibility index (Phi) is 3.59. The Bertz CT molecular complexity index is 441. The lowest BCUT2D eigenvalue weighted by atomic mass is 10.1. The van der Waals surface area contributed by atoms with E-state index < -0.39 is 0 Å². The van der Waals surface area contributed by atoms with Crippen LogP contribution in [0.1, 0.15) is 29.3 Å². The molecule has 0 fully saturated rings. The van der Waals surface area contributed by atoms with Gasteiger partial charge >= 0.3 is 0 Å². The van der Waals surface area contributed by atoms with Gasteiger partial charge in [-0.3, -0.25) is 4.79 Å². The molecule has 3 atom stereocenters. The topological polar surface area (TPSA) is 68.0 Å². The number of nitrogens with one attached hydrogen (secondary N) is 1. The zero-order valence-corrected chi connectivity index (χ0v) is 10.8. The van der Waals surface area contributed by atoms with E-state index in [-0.39, 0.29) is 23.9 Å². The van der Waals surface area contributed by atoms with Crippen LogP contribution in [0.2, 0.25) is 0 Å². The SMILES string of the molecule is Cc1cnc(C(C)NC(=O)C2C=CC(N)C2)s1. The second-order valence-electron chi connectivity index (χ2n) is 4.43. The number of amides is 1. The summed E-state index contributed by atoms with van der Waals surface area (Å²) < 4.78 is 0. The van der Waals surface area contributed by atoms with Crippen LogP contribution in [0.25, 0.3) is 0 Å². The lowest BCUT2D eigenvalue weighted by molar-refractivity contribution is -0.124. The summed E-state index contributed by atoms with van der Waals surface area (Å²) in [5.41, 5.74) is 5.73. The van der Waals surface area contributed by atoms with E-state index in [0.717, 1.165) is 9.88 Å². The summed E-state index contributed by atoms with van der Waals surface area (Å²) in [6, 6.07) is -0.0189. The highest BCUT2D eigenvalue weighted by molar-refractivity contribution is 7.11. The Morgan fingerprint density at radius 2 is 2.41 bits per heavy atom. The molecule has 0 spiro atoms. The van der Waals surface area contributed by atoms with Gasteiger partial charge in [-0.25, -0.2) is 4.98 Å². The predicted molar refractivity (Wildman–Crippen MR) is 68.6 cm³/mol. The average Bonchev–Trinajstić information content (AvgIpc) is 2.87. The zero-order chi connectivity index (χ0) is 12.4. The second kappa shape index (κ2) is 4.98. The lowest BCUT2D eigenvalue weighted by Crippen LogP contribution is -2.32. The number of nitrogens with two attached hydrogens (primary N) is 1. The summed E-state index contributed by atoms with van der Waals surface area (Å²) in [5, 5.41) is 3.92. The molecule has 1 aliphatic carbocycles. The van der Waals surface area contributed by atoms with E-state index in [9.17, 15) is 4.79 Å². The summed E-state index contributed by atoms with van der Waals surface area (Å²) in [4.78, 5) is 17.4. The Hall–Kier alpha value is -1.20. The van der Waals surface area contributed by atoms with Crippen molar-refractivity contribution in [2.75, 3.05) is 0 Å². The Labute approximate surface area is 105 Å². The van der Waals surface area contributed by atoms with Gasteiger partial charge in [-0.15, -0.1) is 11.3 Å². The van der Waals surface area contributed by atoms with E-state index in [2.05, 4.69) is 10.3 Å². The van der Waals surface area contributed by atoms with Crippen LogP contribution in [0.5, 0.6) is 0 Å². The highest BCUT2D eigenvalue weighted by atomic mass is 32.1. The van der Waals surface area contributed by atoms with Crippen LogP contribution >= 0.6 is 11.3 Å². The van der Waals surface area contributed by atoms with Gasteiger partial charge in [0, 0.05) is 17.1 Å². The van der Waals surface area contributed by atoms with Crippen molar-refractivity contribution in [3.05, 3.63) is 28.2 Å². The van der Waals surface area contributed by atoms with Gasteiger partial charge in [-0.1, -0.05) is 12.2 Å². The summed E-state index contributed by atoms with van der Waals surface area (Å²) in [6.07, 6.45) is 6.31. The monoisotopic (exact) mass is 251 g/mol. The van der Waals surface area contributed by atoms with Crippen LogP contribution in [0.4, 0.5) is 0 Å².